The van der Waals surface area contributed by atoms with Crippen molar-refractivity contribution >= 4 is 10.8 Å². The molecule has 0 aliphatic carbocycles. The lowest BCUT2D eigenvalue weighted by Crippen LogP contribution is -2.38. The van der Waals surface area contributed by atoms with E-state index >= 15 is 0 Å². The van der Waals surface area contributed by atoms with E-state index in [1.165, 1.54) is 19.3 Å². The van der Waals surface area contributed by atoms with E-state index in [-0.39, 0.29) is 5.54 Å². The summed E-state index contributed by atoms with van der Waals surface area (Å²) in [6.07, 6.45) is 4.77. The molecule has 0 saturated carbocycles. The van der Waals surface area contributed by atoms with Gasteiger partial charge < -0.3 is 5.73 Å². The van der Waals surface area contributed by atoms with Gasteiger partial charge in [-0.2, -0.15) is 0 Å². The second kappa shape index (κ2) is 6.55. The zero-order valence-electron chi connectivity index (χ0n) is 9.14. The summed E-state index contributed by atoms with van der Waals surface area (Å²) in [5.41, 5.74) is 5.49. The monoisotopic (exact) mass is 205 g/mol. The number of unbranched alkanes of at least 4 members (excludes halogenated alkanes) is 3. The Kier molecular flexibility index (Phi) is 6.60. The number of hydrogen-bond acceptors (Lipinski definition) is 2. The van der Waals surface area contributed by atoms with Gasteiger partial charge in [0.1, 0.15) is 0 Å². The summed E-state index contributed by atoms with van der Waals surface area (Å²) in [6, 6.07) is 0. The van der Waals surface area contributed by atoms with E-state index < -0.39 is 10.8 Å². The first kappa shape index (κ1) is 13.1. The van der Waals surface area contributed by atoms with Crippen LogP contribution in [0.1, 0.15) is 46.5 Å². The fourth-order valence-corrected chi connectivity index (χ4v) is 2.68. The molecule has 2 N–H and O–H groups in total. The average molecular weight is 205 g/mol. The molecule has 1 atom stereocenters. The molecule has 0 radical (unpaired) electrons. The summed E-state index contributed by atoms with van der Waals surface area (Å²) in [5, 5.41) is 0. The molecule has 0 saturated heterocycles. The van der Waals surface area contributed by atoms with Gasteiger partial charge in [-0.15, -0.1) is 0 Å². The van der Waals surface area contributed by atoms with Crippen LogP contribution in [0.3, 0.4) is 0 Å². The summed E-state index contributed by atoms with van der Waals surface area (Å²) >= 11 is 0. The van der Waals surface area contributed by atoms with Crippen LogP contribution in [0.25, 0.3) is 0 Å². The number of rotatable bonds is 7. The van der Waals surface area contributed by atoms with E-state index in [1.807, 2.05) is 13.8 Å². The van der Waals surface area contributed by atoms with Gasteiger partial charge >= 0.3 is 0 Å². The van der Waals surface area contributed by atoms with Gasteiger partial charge in [-0.1, -0.05) is 26.2 Å². The molecule has 0 aliphatic rings. The normalized spacial score (nSPS) is 14.5. The van der Waals surface area contributed by atoms with Crippen LogP contribution in [0.4, 0.5) is 0 Å². The van der Waals surface area contributed by atoms with Crippen LogP contribution < -0.4 is 5.73 Å². The lowest BCUT2D eigenvalue weighted by atomic mass is 10.1. The molecule has 80 valence electrons. The van der Waals surface area contributed by atoms with E-state index in [0.717, 1.165) is 12.2 Å². The molecule has 0 fully saturated rings. The van der Waals surface area contributed by atoms with Gasteiger partial charge in [0.15, 0.2) is 0 Å². The highest BCUT2D eigenvalue weighted by atomic mass is 32.2. The predicted octanol–water partition coefficient (Wildman–Crippen LogP) is 2.05. The van der Waals surface area contributed by atoms with E-state index in [9.17, 15) is 4.21 Å². The minimum Gasteiger partial charge on any atom is -0.325 e. The fourth-order valence-electron chi connectivity index (χ4n) is 1.18. The average Bonchev–Trinajstić information content (AvgIpc) is 1.94. The Morgan fingerprint density at radius 3 is 2.31 bits per heavy atom. The molecule has 0 aromatic heterocycles. The van der Waals surface area contributed by atoms with Gasteiger partial charge in [-0.25, -0.2) is 0 Å². The van der Waals surface area contributed by atoms with Crippen molar-refractivity contribution in [2.75, 3.05) is 11.5 Å². The van der Waals surface area contributed by atoms with E-state index in [4.69, 9.17) is 5.73 Å². The summed E-state index contributed by atoms with van der Waals surface area (Å²) in [7, 11) is -0.718. The van der Waals surface area contributed by atoms with E-state index in [1.54, 1.807) is 0 Å². The van der Waals surface area contributed by atoms with Crippen molar-refractivity contribution in [3.63, 3.8) is 0 Å². The molecule has 1 unspecified atom stereocenters. The van der Waals surface area contributed by atoms with Gasteiger partial charge in [0, 0.05) is 27.8 Å². The quantitative estimate of drug-likeness (QED) is 0.646. The van der Waals surface area contributed by atoms with Crippen LogP contribution in [-0.4, -0.2) is 21.3 Å². The first-order valence-corrected chi connectivity index (χ1v) is 6.58. The molecule has 0 bridgehead atoms. The van der Waals surface area contributed by atoms with Crippen molar-refractivity contribution in [3.8, 4) is 0 Å². The van der Waals surface area contributed by atoms with Crippen molar-refractivity contribution in [1.82, 2.24) is 0 Å². The van der Waals surface area contributed by atoms with Gasteiger partial charge in [-0.05, 0) is 20.3 Å². The Labute approximate surface area is 84.7 Å². The molecule has 0 amide bonds. The molecular formula is C10H23NOS. The maximum atomic E-state index is 11.5. The molecule has 3 heteroatoms. The van der Waals surface area contributed by atoms with Gasteiger partial charge in [0.05, 0.1) is 0 Å². The molecule has 0 aromatic carbocycles. The molecule has 0 heterocycles. The van der Waals surface area contributed by atoms with Crippen LogP contribution in [-0.2, 0) is 10.8 Å². The smallest absolute Gasteiger partial charge is 0.0409 e. The van der Waals surface area contributed by atoms with Crippen LogP contribution in [0.2, 0.25) is 0 Å². The standard InChI is InChI=1S/C10H23NOS/c1-4-5-6-7-8-13(12)9-10(2,3)11/h4-9,11H2,1-3H3. The maximum absolute atomic E-state index is 11.5. The third-order valence-corrected chi connectivity index (χ3v) is 3.57. The highest BCUT2D eigenvalue weighted by Crippen LogP contribution is 2.04. The molecular weight excluding hydrogens is 182 g/mol. The second-order valence-electron chi connectivity index (χ2n) is 4.34. The first-order chi connectivity index (χ1) is 5.95. The largest absolute Gasteiger partial charge is 0.325 e. The summed E-state index contributed by atoms with van der Waals surface area (Å²) in [6.45, 7) is 6.04. The summed E-state index contributed by atoms with van der Waals surface area (Å²) < 4.78 is 11.5. The zero-order valence-corrected chi connectivity index (χ0v) is 9.95. The lowest BCUT2D eigenvalue weighted by molar-refractivity contribution is 0.576. The predicted molar refractivity (Wildman–Crippen MR) is 60.3 cm³/mol. The maximum Gasteiger partial charge on any atom is 0.0409 e. The molecule has 0 aromatic rings. The molecule has 0 rings (SSSR count). The third kappa shape index (κ3) is 10.0. The SMILES string of the molecule is CCCCCCS(=O)CC(C)(C)N. The topological polar surface area (TPSA) is 43.1 Å². The van der Waals surface area contributed by atoms with Crippen molar-refractivity contribution in [3.05, 3.63) is 0 Å². The molecule has 0 aliphatic heterocycles. The Morgan fingerprint density at radius 1 is 1.23 bits per heavy atom. The Balaban J connectivity index is 3.41. The van der Waals surface area contributed by atoms with Crippen molar-refractivity contribution in [1.29, 1.82) is 0 Å². The zero-order chi connectivity index (χ0) is 10.3. The van der Waals surface area contributed by atoms with Crippen LogP contribution in [0.15, 0.2) is 0 Å². The van der Waals surface area contributed by atoms with Gasteiger partial charge in [0.2, 0.25) is 0 Å². The molecule has 13 heavy (non-hydrogen) atoms. The summed E-state index contributed by atoms with van der Waals surface area (Å²) in [4.78, 5) is 0. The van der Waals surface area contributed by atoms with Crippen molar-refractivity contribution < 1.29 is 4.21 Å². The lowest BCUT2D eigenvalue weighted by Gasteiger charge is -2.17. The second-order valence-corrected chi connectivity index (χ2v) is 5.91. The number of nitrogens with two attached hydrogens (primary N) is 1. The highest BCUT2D eigenvalue weighted by molar-refractivity contribution is 7.85. The molecule has 2 nitrogen and oxygen atoms in total. The Hall–Kier alpha value is 0.110. The number of hydrogen-bond donors (Lipinski definition) is 1. The van der Waals surface area contributed by atoms with Crippen LogP contribution >= 0.6 is 0 Å². The summed E-state index contributed by atoms with van der Waals surface area (Å²) in [5.74, 6) is 1.44. The Bertz CT molecular complexity index is 151. The minimum atomic E-state index is -0.718. The van der Waals surface area contributed by atoms with Crippen molar-refractivity contribution in [2.45, 2.75) is 52.0 Å². The van der Waals surface area contributed by atoms with E-state index in [0.29, 0.717) is 5.75 Å². The fraction of sp³-hybridized carbons (Fsp3) is 1.00. The van der Waals surface area contributed by atoms with Gasteiger partial charge in [-0.3, -0.25) is 4.21 Å². The first-order valence-electron chi connectivity index (χ1n) is 5.09. The van der Waals surface area contributed by atoms with Crippen LogP contribution in [0.5, 0.6) is 0 Å². The third-order valence-electron chi connectivity index (χ3n) is 1.76. The molecule has 0 spiro atoms. The van der Waals surface area contributed by atoms with Gasteiger partial charge in [0.25, 0.3) is 0 Å². The van der Waals surface area contributed by atoms with E-state index in [2.05, 4.69) is 6.92 Å². The Morgan fingerprint density at radius 2 is 1.85 bits per heavy atom. The van der Waals surface area contributed by atoms with Crippen LogP contribution in [0, 0.1) is 0 Å². The minimum absolute atomic E-state index is 0.282. The van der Waals surface area contributed by atoms with Crippen molar-refractivity contribution in [2.24, 2.45) is 5.73 Å². The highest BCUT2D eigenvalue weighted by Gasteiger charge is 2.14.